The number of ketones is 1. The van der Waals surface area contributed by atoms with Crippen LogP contribution >= 0.6 is 11.3 Å². The van der Waals surface area contributed by atoms with Gasteiger partial charge in [0, 0.05) is 58.5 Å². The zero-order chi connectivity index (χ0) is 27.1. The van der Waals surface area contributed by atoms with Crippen molar-refractivity contribution in [3.05, 3.63) is 71.3 Å². The average molecular weight is 708 g/mol. The van der Waals surface area contributed by atoms with Crippen LogP contribution in [0.25, 0.3) is 31.6 Å². The van der Waals surface area contributed by atoms with Crippen molar-refractivity contribution < 1.29 is 30.0 Å². The van der Waals surface area contributed by atoms with Gasteiger partial charge in [-0.25, -0.2) is 4.98 Å². The van der Waals surface area contributed by atoms with Gasteiger partial charge in [0.25, 0.3) is 0 Å². The molecule has 0 unspecified atom stereocenters. The first-order valence-corrected chi connectivity index (χ1v) is 14.1. The number of rotatable bonds is 8. The molecule has 0 atom stereocenters. The van der Waals surface area contributed by atoms with Gasteiger partial charge < -0.3 is 5.11 Å². The molecule has 0 fully saturated rings. The van der Waals surface area contributed by atoms with Crippen LogP contribution in [-0.4, -0.2) is 20.9 Å². The summed E-state index contributed by atoms with van der Waals surface area (Å²) in [5, 5.41) is 11.0. The second-order valence-electron chi connectivity index (χ2n) is 9.71. The Labute approximate surface area is 245 Å². The second kappa shape index (κ2) is 14.7. The zero-order valence-corrected chi connectivity index (χ0v) is 26.7. The van der Waals surface area contributed by atoms with E-state index in [4.69, 9.17) is 0 Å². The summed E-state index contributed by atoms with van der Waals surface area (Å²) >= 11 is 1.78. The van der Waals surface area contributed by atoms with Crippen molar-refractivity contribution >= 4 is 37.4 Å². The molecule has 2 heterocycles. The Morgan fingerprint density at radius 1 is 0.974 bits per heavy atom. The van der Waals surface area contributed by atoms with Crippen molar-refractivity contribution in [1.29, 1.82) is 0 Å². The van der Waals surface area contributed by atoms with Crippen molar-refractivity contribution in [2.24, 2.45) is 11.8 Å². The number of thiophene rings is 1. The largest absolute Gasteiger partial charge is 0.512 e. The van der Waals surface area contributed by atoms with Crippen LogP contribution in [0.5, 0.6) is 0 Å². The van der Waals surface area contributed by atoms with Crippen LogP contribution in [0.3, 0.4) is 0 Å². The molecule has 4 nitrogen and oxygen atoms in total. The minimum atomic E-state index is 0. The summed E-state index contributed by atoms with van der Waals surface area (Å²) < 4.78 is 2.44. The van der Waals surface area contributed by atoms with Gasteiger partial charge in [0.05, 0.1) is 11.3 Å². The third-order valence-electron chi connectivity index (χ3n) is 6.96. The first-order chi connectivity index (χ1) is 17.7. The van der Waals surface area contributed by atoms with Crippen molar-refractivity contribution in [1.82, 2.24) is 9.97 Å². The molecule has 0 saturated heterocycles. The number of carbonyl (C=O) groups is 1. The summed E-state index contributed by atoms with van der Waals surface area (Å²) in [5.74, 6) is 0.547. The topological polar surface area (TPSA) is 63.1 Å². The number of aromatic nitrogens is 2. The minimum absolute atomic E-state index is 0. The van der Waals surface area contributed by atoms with Crippen molar-refractivity contribution in [2.45, 2.75) is 74.1 Å². The first-order valence-electron chi connectivity index (χ1n) is 13.3. The molecule has 4 aromatic rings. The fourth-order valence-corrected chi connectivity index (χ4v) is 5.96. The third-order valence-corrected chi connectivity index (χ3v) is 8.30. The minimum Gasteiger partial charge on any atom is -0.512 e. The zero-order valence-electron chi connectivity index (χ0n) is 23.5. The summed E-state index contributed by atoms with van der Waals surface area (Å²) in [4.78, 5) is 20.8. The fraction of sp³-hybridized carbons (Fsp3) is 0.406. The molecule has 205 valence electrons. The molecular weight excluding hydrogens is 669 g/mol. The van der Waals surface area contributed by atoms with Gasteiger partial charge >= 0.3 is 0 Å². The summed E-state index contributed by atoms with van der Waals surface area (Å²) in [5.41, 5.74) is 6.73. The molecule has 4 rings (SSSR count). The number of hydrogen-bond acceptors (Lipinski definition) is 5. The van der Waals surface area contributed by atoms with Gasteiger partial charge in [-0.1, -0.05) is 59.7 Å². The van der Waals surface area contributed by atoms with E-state index in [1.165, 1.54) is 27.3 Å². The Morgan fingerprint density at radius 2 is 1.63 bits per heavy atom. The average Bonchev–Trinajstić information content (AvgIpc) is 3.26. The van der Waals surface area contributed by atoms with Crippen LogP contribution in [0.15, 0.2) is 48.5 Å². The third kappa shape index (κ3) is 7.37. The van der Waals surface area contributed by atoms with E-state index in [1.807, 2.05) is 27.7 Å². The summed E-state index contributed by atoms with van der Waals surface area (Å²) in [6.07, 6.45) is 6.57. The maximum atomic E-state index is 11.7. The van der Waals surface area contributed by atoms with E-state index < -0.39 is 0 Å². The monoisotopic (exact) mass is 708 g/mol. The number of allylic oxidation sites excluding steroid dienone is 2. The maximum Gasteiger partial charge on any atom is 0.162 e. The van der Waals surface area contributed by atoms with Crippen LogP contribution in [0.4, 0.5) is 0 Å². The van der Waals surface area contributed by atoms with Crippen molar-refractivity contribution in [2.75, 3.05) is 0 Å². The summed E-state index contributed by atoms with van der Waals surface area (Å²) in [6, 6.07) is 14.1. The number of carbonyl (C=O) groups excluding carboxylic acids is 1. The predicted octanol–water partition coefficient (Wildman–Crippen LogP) is 9.10. The van der Waals surface area contributed by atoms with E-state index in [2.05, 4.69) is 67.1 Å². The SMILES string of the molecule is CCC(CC)C(=O)/C=C(\O)C(CC)CC.Cc1[c-]c(-c2ncnc3c2sc2c(C)cccc23)cc(C)c1.[Ir]. The predicted molar refractivity (Wildman–Crippen MR) is 157 cm³/mol. The van der Waals surface area contributed by atoms with Gasteiger partial charge in [0.1, 0.15) is 6.33 Å². The van der Waals surface area contributed by atoms with Crippen LogP contribution in [0.2, 0.25) is 0 Å². The standard InChI is InChI=1S/C19H15N2S.C13H24O2.Ir/c1-11-7-12(2)9-14(8-11)16-19-17(21-10-20-16)15-6-4-5-13(3)18(15)22-19;1-5-10(6-2)12(14)9-13(15)11(7-3)8-4;/h4-8,10H,1-3H3;9-11,14H,5-8H2,1-4H3;/q-1;;/b;12-9-;. The molecule has 0 amide bonds. The van der Waals surface area contributed by atoms with E-state index in [-0.39, 0.29) is 43.5 Å². The Kier molecular flexibility index (Phi) is 12.3. The van der Waals surface area contributed by atoms with E-state index >= 15 is 0 Å². The molecule has 2 aromatic carbocycles. The Hall–Kier alpha value is -2.40. The Bertz CT molecular complexity index is 1380. The molecule has 38 heavy (non-hydrogen) atoms. The number of hydrogen-bond donors (Lipinski definition) is 1. The Morgan fingerprint density at radius 3 is 2.24 bits per heavy atom. The van der Waals surface area contributed by atoms with Crippen LogP contribution in [0.1, 0.15) is 70.1 Å². The number of fused-ring (bicyclic) bond motifs is 3. The molecule has 0 spiro atoms. The van der Waals surface area contributed by atoms with Crippen molar-refractivity contribution in [3.8, 4) is 11.3 Å². The fourth-order valence-electron chi connectivity index (χ4n) is 4.73. The number of aryl methyl sites for hydroxylation is 3. The first kappa shape index (κ1) is 31.8. The van der Waals surface area contributed by atoms with Gasteiger partial charge in [-0.3, -0.25) is 9.78 Å². The van der Waals surface area contributed by atoms with Crippen LogP contribution < -0.4 is 0 Å². The molecule has 1 radical (unpaired) electrons. The molecule has 6 heteroatoms. The molecule has 0 aliphatic carbocycles. The molecular formula is C32H39IrN2O2S-. The second-order valence-corrected chi connectivity index (χ2v) is 10.7. The number of nitrogens with zero attached hydrogens (tertiary/aromatic N) is 2. The Balaban J connectivity index is 0.000000282. The molecule has 2 aromatic heterocycles. The molecule has 0 aliphatic heterocycles. The normalized spacial score (nSPS) is 11.6. The smallest absolute Gasteiger partial charge is 0.162 e. The van der Waals surface area contributed by atoms with Gasteiger partial charge in [-0.15, -0.1) is 46.2 Å². The van der Waals surface area contributed by atoms with Gasteiger partial charge in [-0.05, 0) is 38.2 Å². The quantitative estimate of drug-likeness (QED) is 0.113. The number of aliphatic hydroxyl groups is 1. The van der Waals surface area contributed by atoms with Crippen LogP contribution in [0, 0.1) is 38.7 Å². The number of aliphatic hydroxyl groups excluding tert-OH is 1. The van der Waals surface area contributed by atoms with Crippen LogP contribution in [-0.2, 0) is 24.9 Å². The summed E-state index contributed by atoms with van der Waals surface area (Å²) in [6.45, 7) is 14.4. The van der Waals surface area contributed by atoms with E-state index in [1.54, 1.807) is 17.7 Å². The van der Waals surface area contributed by atoms with Gasteiger partial charge in [0.2, 0.25) is 0 Å². The number of benzene rings is 2. The van der Waals surface area contributed by atoms with Crippen molar-refractivity contribution in [3.63, 3.8) is 0 Å². The molecule has 0 aliphatic rings. The van der Waals surface area contributed by atoms with E-state index in [0.29, 0.717) is 0 Å². The van der Waals surface area contributed by atoms with E-state index in [0.717, 1.165) is 52.7 Å². The van der Waals surface area contributed by atoms with Gasteiger partial charge in [0.15, 0.2) is 5.78 Å². The molecule has 1 N–H and O–H groups in total. The molecule has 0 bridgehead atoms. The van der Waals surface area contributed by atoms with E-state index in [9.17, 15) is 9.90 Å². The summed E-state index contributed by atoms with van der Waals surface area (Å²) in [7, 11) is 0. The maximum absolute atomic E-state index is 11.7. The van der Waals surface area contributed by atoms with Gasteiger partial charge in [-0.2, -0.15) is 0 Å². The molecule has 0 saturated carbocycles.